The first kappa shape index (κ1) is 26.6. The number of hydrogen-bond donors (Lipinski definition) is 2. The van der Waals surface area contributed by atoms with Crippen LogP contribution in [-0.4, -0.2) is 63.7 Å². The Hall–Kier alpha value is -3.37. The molecule has 0 aliphatic rings. The second kappa shape index (κ2) is 19.0. The van der Waals surface area contributed by atoms with Crippen molar-refractivity contribution in [2.45, 2.75) is 45.1 Å². The van der Waals surface area contributed by atoms with Gasteiger partial charge in [0.25, 0.3) is 0 Å². The fourth-order valence-corrected chi connectivity index (χ4v) is 2.08. The molecule has 0 saturated carbocycles. The van der Waals surface area contributed by atoms with E-state index < -0.39 is 24.2 Å². The maximum absolute atomic E-state index is 12.0. The largest absolute Gasteiger partial charge is 0.464 e. The molecule has 14 heteroatoms. The molecule has 168 valence electrons. The molecule has 0 saturated heterocycles. The Labute approximate surface area is 173 Å². The normalized spacial score (nSPS) is 10.6. The fraction of sp³-hybridized carbons (Fsp3) is 0.812. The third kappa shape index (κ3) is 15.7. The molecule has 0 aliphatic carbocycles. The third-order valence-corrected chi connectivity index (χ3v) is 3.45. The summed E-state index contributed by atoms with van der Waals surface area (Å²) in [6.07, 6.45) is 0.831. The van der Waals surface area contributed by atoms with E-state index in [-0.39, 0.29) is 32.9 Å². The Balaban J connectivity index is 4.11. The average Bonchev–Trinajstić information content (AvgIpc) is 2.72. The van der Waals surface area contributed by atoms with Crippen molar-refractivity contribution in [1.29, 1.82) is 0 Å². The van der Waals surface area contributed by atoms with Crippen molar-refractivity contribution in [1.82, 2.24) is 10.6 Å². The van der Waals surface area contributed by atoms with E-state index in [4.69, 9.17) is 25.3 Å². The van der Waals surface area contributed by atoms with Crippen molar-refractivity contribution < 1.29 is 28.6 Å². The van der Waals surface area contributed by atoms with Crippen LogP contribution in [0.3, 0.4) is 0 Å². The summed E-state index contributed by atoms with van der Waals surface area (Å²) in [6.45, 7) is 2.81. The maximum atomic E-state index is 12.0. The van der Waals surface area contributed by atoms with Crippen LogP contribution in [0.25, 0.3) is 20.9 Å². The van der Waals surface area contributed by atoms with Crippen LogP contribution in [0.4, 0.5) is 9.59 Å². The monoisotopic (exact) mass is 428 g/mol. The predicted octanol–water partition coefficient (Wildman–Crippen LogP) is 2.94. The van der Waals surface area contributed by atoms with Gasteiger partial charge in [-0.3, -0.25) is 0 Å². The van der Waals surface area contributed by atoms with Crippen LogP contribution in [0, 0.1) is 0 Å². The number of hydrogen-bond acceptors (Lipinski definition) is 8. The van der Waals surface area contributed by atoms with Crippen molar-refractivity contribution in [2.75, 3.05) is 39.5 Å². The first-order valence-corrected chi connectivity index (χ1v) is 9.57. The van der Waals surface area contributed by atoms with E-state index in [1.165, 1.54) is 0 Å². The van der Waals surface area contributed by atoms with E-state index in [0.29, 0.717) is 38.6 Å². The van der Waals surface area contributed by atoms with Gasteiger partial charge in [-0.2, -0.15) is 0 Å². The minimum Gasteiger partial charge on any atom is -0.464 e. The van der Waals surface area contributed by atoms with Crippen LogP contribution < -0.4 is 10.6 Å². The Kier molecular flexibility index (Phi) is 16.8. The number of nitrogens with one attached hydrogen (secondary N) is 2. The van der Waals surface area contributed by atoms with Gasteiger partial charge in [-0.15, -0.1) is 0 Å². The maximum Gasteiger partial charge on any atom is 0.407 e. The highest BCUT2D eigenvalue weighted by atomic mass is 16.6. The van der Waals surface area contributed by atoms with Gasteiger partial charge in [0, 0.05) is 29.5 Å². The third-order valence-electron chi connectivity index (χ3n) is 3.45. The van der Waals surface area contributed by atoms with Gasteiger partial charge >= 0.3 is 18.2 Å². The van der Waals surface area contributed by atoms with Gasteiger partial charge in [-0.1, -0.05) is 10.2 Å². The Morgan fingerprint density at radius 3 is 2.07 bits per heavy atom. The van der Waals surface area contributed by atoms with Crippen molar-refractivity contribution in [3.8, 4) is 0 Å². The topological polar surface area (TPSA) is 200 Å². The molecule has 0 fully saturated rings. The number of alkyl carbamates (subject to hydrolysis) is 2. The second-order valence-corrected chi connectivity index (χ2v) is 5.76. The molecule has 2 N–H and O–H groups in total. The predicted molar refractivity (Wildman–Crippen MR) is 105 cm³/mol. The highest BCUT2D eigenvalue weighted by molar-refractivity contribution is 5.81. The first-order chi connectivity index (χ1) is 14.5. The highest BCUT2D eigenvalue weighted by Crippen LogP contribution is 2.04. The number of nitrogens with zero attached hydrogens (tertiary/aromatic N) is 6. The molecule has 0 radical (unpaired) electrons. The first-order valence-electron chi connectivity index (χ1n) is 9.57. The summed E-state index contributed by atoms with van der Waals surface area (Å²) in [5.41, 5.74) is 16.3. The molecule has 0 aliphatic heterocycles. The summed E-state index contributed by atoms with van der Waals surface area (Å²) < 4.78 is 14.8. The number of amides is 2. The summed E-state index contributed by atoms with van der Waals surface area (Å²) in [5.74, 6) is -0.573. The van der Waals surface area contributed by atoms with Crippen molar-refractivity contribution >= 4 is 18.2 Å². The quantitative estimate of drug-likeness (QED) is 0.0944. The van der Waals surface area contributed by atoms with Gasteiger partial charge in [-0.05, 0) is 50.1 Å². The minimum absolute atomic E-state index is 0.0509. The molecular formula is C16H28N8O6. The van der Waals surface area contributed by atoms with Gasteiger partial charge in [0.1, 0.15) is 6.04 Å². The zero-order valence-electron chi connectivity index (χ0n) is 17.0. The molecule has 1 unspecified atom stereocenters. The molecule has 0 aromatic rings. The van der Waals surface area contributed by atoms with E-state index in [9.17, 15) is 14.4 Å². The molecule has 30 heavy (non-hydrogen) atoms. The summed E-state index contributed by atoms with van der Waals surface area (Å²) in [6, 6.07) is -0.873. The summed E-state index contributed by atoms with van der Waals surface area (Å²) in [7, 11) is 0. The lowest BCUT2D eigenvalue weighted by molar-refractivity contribution is -0.145. The minimum atomic E-state index is -0.873. The number of carbonyl (C=O) groups excluding carboxylic acids is 3. The van der Waals surface area contributed by atoms with Gasteiger partial charge in [0.2, 0.25) is 0 Å². The number of ether oxygens (including phenoxy) is 3. The van der Waals surface area contributed by atoms with Gasteiger partial charge in [-0.25, -0.2) is 14.4 Å². The van der Waals surface area contributed by atoms with E-state index in [1.807, 2.05) is 0 Å². The van der Waals surface area contributed by atoms with Gasteiger partial charge in [0.05, 0.1) is 19.8 Å². The average molecular weight is 428 g/mol. The van der Waals surface area contributed by atoms with E-state index >= 15 is 0 Å². The smallest absolute Gasteiger partial charge is 0.407 e. The molecule has 2 amide bonds. The summed E-state index contributed by atoms with van der Waals surface area (Å²) in [4.78, 5) is 40.4. The lowest BCUT2D eigenvalue weighted by Gasteiger charge is -2.17. The molecular weight excluding hydrogens is 400 g/mol. The number of rotatable bonds is 16. The van der Waals surface area contributed by atoms with Crippen LogP contribution in [0.2, 0.25) is 0 Å². The van der Waals surface area contributed by atoms with Crippen LogP contribution in [-0.2, 0) is 19.0 Å². The van der Waals surface area contributed by atoms with Crippen molar-refractivity contribution in [2.24, 2.45) is 10.2 Å². The highest BCUT2D eigenvalue weighted by Gasteiger charge is 2.22. The Bertz CT molecular complexity index is 619. The fourth-order valence-electron chi connectivity index (χ4n) is 2.08. The Morgan fingerprint density at radius 1 is 0.900 bits per heavy atom. The van der Waals surface area contributed by atoms with Gasteiger partial charge in [0.15, 0.2) is 0 Å². The molecule has 0 heterocycles. The zero-order chi connectivity index (χ0) is 22.5. The second-order valence-electron chi connectivity index (χ2n) is 5.76. The van der Waals surface area contributed by atoms with Crippen LogP contribution >= 0.6 is 0 Å². The molecule has 0 bridgehead atoms. The molecule has 0 aromatic heterocycles. The van der Waals surface area contributed by atoms with Crippen LogP contribution in [0.15, 0.2) is 10.2 Å². The summed E-state index contributed by atoms with van der Waals surface area (Å²) in [5, 5.41) is 11.7. The lowest BCUT2D eigenvalue weighted by atomic mass is 10.1. The lowest BCUT2D eigenvalue weighted by Crippen LogP contribution is -2.42. The standard InChI is InChI=1S/C16H28N8O6/c1-2-28-14(25)13(22-16(27)30-12-6-10-21-24-18)7-3-4-8-19-15(26)29-11-5-9-20-23-17/h13H,2-12H2,1H3,(H,19,26)(H,22,27). The van der Waals surface area contributed by atoms with Crippen LogP contribution in [0.1, 0.15) is 39.0 Å². The van der Waals surface area contributed by atoms with Crippen molar-refractivity contribution in [3.63, 3.8) is 0 Å². The molecule has 0 spiro atoms. The zero-order valence-corrected chi connectivity index (χ0v) is 17.0. The van der Waals surface area contributed by atoms with E-state index in [0.717, 1.165) is 0 Å². The van der Waals surface area contributed by atoms with Crippen LogP contribution in [0.5, 0.6) is 0 Å². The van der Waals surface area contributed by atoms with Crippen molar-refractivity contribution in [3.05, 3.63) is 20.9 Å². The number of azide groups is 2. The summed E-state index contributed by atoms with van der Waals surface area (Å²) >= 11 is 0. The van der Waals surface area contributed by atoms with E-state index in [2.05, 4.69) is 30.7 Å². The number of unbranched alkanes of at least 4 members (excludes halogenated alkanes) is 1. The van der Waals surface area contributed by atoms with Gasteiger partial charge < -0.3 is 24.8 Å². The molecule has 0 aromatic carbocycles. The molecule has 14 nitrogen and oxygen atoms in total. The number of esters is 1. The SMILES string of the molecule is CCOC(=O)C(CCCCNC(=O)OCCCN=[N+]=[N-])NC(=O)OCCCN=[N+]=[N-]. The molecule has 1 atom stereocenters. The van der Waals surface area contributed by atoms with E-state index in [1.54, 1.807) is 6.92 Å². The molecule has 0 rings (SSSR count). The Morgan fingerprint density at radius 2 is 1.50 bits per heavy atom. The number of carbonyl (C=O) groups is 3.